The van der Waals surface area contributed by atoms with Crippen LogP contribution in [0.15, 0.2) is 60.7 Å². The van der Waals surface area contributed by atoms with Gasteiger partial charge < -0.3 is 0 Å². The van der Waals surface area contributed by atoms with Crippen LogP contribution in [0.1, 0.15) is 40.0 Å². The highest BCUT2D eigenvalue weighted by molar-refractivity contribution is 7.73. The molecule has 0 N–H and O–H groups in total. The van der Waals surface area contributed by atoms with Crippen molar-refractivity contribution in [1.82, 2.24) is 0 Å². The predicted molar refractivity (Wildman–Crippen MR) is 120 cm³/mol. The van der Waals surface area contributed by atoms with Crippen molar-refractivity contribution in [3.05, 3.63) is 60.7 Å². The van der Waals surface area contributed by atoms with Crippen LogP contribution >= 0.6 is 7.92 Å². The first-order valence-corrected chi connectivity index (χ1v) is 14.5. The van der Waals surface area contributed by atoms with Gasteiger partial charge in [0.15, 0.2) is 0 Å². The third-order valence-electron chi connectivity index (χ3n) is 5.34. The molecule has 0 saturated heterocycles. The summed E-state index contributed by atoms with van der Waals surface area (Å²) < 4.78 is 0. The van der Waals surface area contributed by atoms with Gasteiger partial charge in [-0.3, -0.25) is 0 Å². The summed E-state index contributed by atoms with van der Waals surface area (Å²) >= 11 is 0. The lowest BCUT2D eigenvalue weighted by atomic mass is 10.4. The maximum Gasteiger partial charge on any atom is 0.0539 e. The van der Waals surface area contributed by atoms with Gasteiger partial charge in [-0.25, -0.2) is 0 Å². The zero-order valence-corrected chi connectivity index (χ0v) is 18.3. The lowest BCUT2D eigenvalue weighted by molar-refractivity contribution is 0.910. The van der Waals surface area contributed by atoms with Crippen LogP contribution in [0.4, 0.5) is 0 Å². The van der Waals surface area contributed by atoms with Crippen LogP contribution in [-0.2, 0) is 0 Å². The molecule has 136 valence electrons. The number of rotatable bonds is 11. The molecule has 0 atom stereocenters. The Balaban J connectivity index is 2.23. The first-order valence-electron chi connectivity index (χ1n) is 10.1. The summed E-state index contributed by atoms with van der Waals surface area (Å²) in [5.74, 6) is 0. The fourth-order valence-electron chi connectivity index (χ4n) is 4.31. The minimum Gasteiger partial charge on any atom is -0.0657 e. The molecule has 25 heavy (non-hydrogen) atoms. The van der Waals surface area contributed by atoms with Crippen molar-refractivity contribution in [3.8, 4) is 0 Å². The summed E-state index contributed by atoms with van der Waals surface area (Å²) in [7, 11) is -1.32. The van der Waals surface area contributed by atoms with Crippen molar-refractivity contribution in [2.24, 2.45) is 0 Å². The van der Waals surface area contributed by atoms with E-state index in [-0.39, 0.29) is 7.92 Å². The molecule has 0 aliphatic rings. The molecule has 0 unspecified atom stereocenters. The minimum atomic E-state index is -1.11. The normalized spacial score (nSPS) is 11.8. The largest absolute Gasteiger partial charge is 0.0657 e. The Morgan fingerprint density at radius 1 is 0.600 bits per heavy atom. The van der Waals surface area contributed by atoms with E-state index in [2.05, 4.69) is 81.4 Å². The van der Waals surface area contributed by atoms with Gasteiger partial charge in [0, 0.05) is 0 Å². The molecule has 0 radical (unpaired) electrons. The first kappa shape index (κ1) is 20.4. The van der Waals surface area contributed by atoms with Gasteiger partial charge in [-0.1, -0.05) is 125 Å². The molecule has 0 fully saturated rings. The molecule has 0 aliphatic heterocycles. The lowest BCUT2D eigenvalue weighted by Crippen LogP contribution is -2.35. The summed E-state index contributed by atoms with van der Waals surface area (Å²) in [6.07, 6.45) is 5.51. The fraction of sp³-hybridized carbons (Fsp3) is 0.478. The Morgan fingerprint density at radius 2 is 1.00 bits per heavy atom. The second-order valence-corrected chi connectivity index (χ2v) is 14.7. The van der Waals surface area contributed by atoms with Crippen LogP contribution < -0.4 is 10.6 Å². The van der Waals surface area contributed by atoms with Crippen LogP contribution in [0.2, 0.25) is 24.2 Å². The summed E-state index contributed by atoms with van der Waals surface area (Å²) in [6, 6.07) is 28.6. The van der Waals surface area contributed by atoms with Crippen LogP contribution in [0.5, 0.6) is 0 Å². The number of hydrogen-bond acceptors (Lipinski definition) is 0. The standard InChI is InChI=1S/C23H35PSi/c1-4-18-25(19-5-2,20-6-3)21-17-24(22-13-9-7-10-14-22)23-15-11-8-12-16-23/h7-16H,4-6,17-21H2,1-3H3. The zero-order valence-electron chi connectivity index (χ0n) is 16.4. The number of hydrogen-bond donors (Lipinski definition) is 0. The Labute approximate surface area is 157 Å². The van der Waals surface area contributed by atoms with E-state index in [1.807, 2.05) is 0 Å². The van der Waals surface area contributed by atoms with Crippen LogP contribution in [0.3, 0.4) is 0 Å². The van der Waals surface area contributed by atoms with Gasteiger partial charge in [-0.05, 0) is 24.7 Å². The van der Waals surface area contributed by atoms with Gasteiger partial charge in [0.1, 0.15) is 0 Å². The minimum absolute atomic E-state index is 0.213. The van der Waals surface area contributed by atoms with Gasteiger partial charge in [0.2, 0.25) is 0 Å². The van der Waals surface area contributed by atoms with Gasteiger partial charge in [-0.15, -0.1) is 0 Å². The molecule has 2 aromatic carbocycles. The summed E-state index contributed by atoms with van der Waals surface area (Å²) in [5, 5.41) is 3.10. The molecule has 0 saturated carbocycles. The molecule has 0 spiro atoms. The van der Waals surface area contributed by atoms with E-state index < -0.39 is 8.07 Å². The second kappa shape index (κ2) is 10.9. The summed E-state index contributed by atoms with van der Waals surface area (Å²) in [5.41, 5.74) is 0. The smallest absolute Gasteiger partial charge is 0.0539 e. The highest BCUT2D eigenvalue weighted by atomic mass is 31.1. The van der Waals surface area contributed by atoms with Crippen LogP contribution in [0, 0.1) is 0 Å². The molecule has 0 aromatic heterocycles. The maximum absolute atomic E-state index is 2.39. The van der Waals surface area contributed by atoms with Gasteiger partial charge in [0.05, 0.1) is 8.07 Å². The topological polar surface area (TPSA) is 0 Å². The molecular weight excluding hydrogens is 335 g/mol. The van der Waals surface area contributed by atoms with Crippen molar-refractivity contribution in [1.29, 1.82) is 0 Å². The van der Waals surface area contributed by atoms with Crippen molar-refractivity contribution < 1.29 is 0 Å². The molecule has 2 rings (SSSR count). The van der Waals surface area contributed by atoms with Gasteiger partial charge >= 0.3 is 0 Å². The highest BCUT2D eigenvalue weighted by Gasteiger charge is 2.31. The van der Waals surface area contributed by atoms with Crippen LogP contribution in [0.25, 0.3) is 0 Å². The van der Waals surface area contributed by atoms with E-state index in [0.717, 1.165) is 0 Å². The van der Waals surface area contributed by atoms with E-state index in [4.69, 9.17) is 0 Å². The molecule has 0 aliphatic carbocycles. The quantitative estimate of drug-likeness (QED) is 0.301. The zero-order chi connectivity index (χ0) is 18.0. The van der Waals surface area contributed by atoms with Crippen molar-refractivity contribution in [2.45, 2.75) is 64.2 Å². The molecule has 2 aromatic rings. The third kappa shape index (κ3) is 6.08. The Kier molecular flexibility index (Phi) is 8.93. The van der Waals surface area contributed by atoms with E-state index in [1.54, 1.807) is 10.6 Å². The summed E-state index contributed by atoms with van der Waals surface area (Å²) in [6.45, 7) is 7.18. The SMILES string of the molecule is CCC[Si](CCC)(CCC)CCP(c1ccccc1)c1ccccc1. The highest BCUT2D eigenvalue weighted by Crippen LogP contribution is 2.40. The lowest BCUT2D eigenvalue weighted by Gasteiger charge is -2.33. The molecule has 2 heteroatoms. The van der Waals surface area contributed by atoms with E-state index >= 15 is 0 Å². The monoisotopic (exact) mass is 370 g/mol. The van der Waals surface area contributed by atoms with Crippen molar-refractivity contribution in [3.63, 3.8) is 0 Å². The van der Waals surface area contributed by atoms with Gasteiger partial charge in [0.25, 0.3) is 0 Å². The predicted octanol–water partition coefficient (Wildman–Crippen LogP) is 6.80. The molecular formula is C23H35PSi. The Bertz CT molecular complexity index is 525. The van der Waals surface area contributed by atoms with Crippen molar-refractivity contribution in [2.75, 3.05) is 6.16 Å². The van der Waals surface area contributed by atoms with Gasteiger partial charge in [-0.2, -0.15) is 0 Å². The third-order valence-corrected chi connectivity index (χ3v) is 14.3. The van der Waals surface area contributed by atoms with E-state index in [0.29, 0.717) is 0 Å². The van der Waals surface area contributed by atoms with Crippen LogP contribution in [-0.4, -0.2) is 14.2 Å². The molecule has 0 amide bonds. The summed E-state index contributed by atoms with van der Waals surface area (Å²) in [4.78, 5) is 0. The Morgan fingerprint density at radius 3 is 1.36 bits per heavy atom. The number of benzene rings is 2. The maximum atomic E-state index is 2.39. The average molecular weight is 371 g/mol. The second-order valence-electron chi connectivity index (χ2n) is 7.32. The molecule has 0 bridgehead atoms. The average Bonchev–Trinajstić information content (AvgIpc) is 2.64. The van der Waals surface area contributed by atoms with E-state index in [9.17, 15) is 0 Å². The van der Waals surface area contributed by atoms with E-state index in [1.165, 1.54) is 49.6 Å². The first-order chi connectivity index (χ1) is 12.2. The Hall–Kier alpha value is -0.913. The van der Waals surface area contributed by atoms with Crippen molar-refractivity contribution >= 4 is 26.6 Å². The fourth-order valence-corrected chi connectivity index (χ4v) is 13.7. The molecule has 0 nitrogen and oxygen atoms in total. The molecule has 0 heterocycles.